The van der Waals surface area contributed by atoms with Crippen molar-refractivity contribution in [1.29, 1.82) is 0 Å². The molecule has 0 aromatic carbocycles. The number of nitrogens with zero attached hydrogens (tertiary/aromatic N) is 3. The van der Waals surface area contributed by atoms with E-state index in [-0.39, 0.29) is 0 Å². The van der Waals surface area contributed by atoms with Gasteiger partial charge >= 0.3 is 0 Å². The first-order chi connectivity index (χ1) is 10.3. The van der Waals surface area contributed by atoms with Crippen molar-refractivity contribution in [2.45, 2.75) is 31.8 Å². The van der Waals surface area contributed by atoms with Gasteiger partial charge < -0.3 is 9.73 Å². The summed E-state index contributed by atoms with van der Waals surface area (Å²) < 4.78 is 7.50. The topological polar surface area (TPSA) is 46.2 Å². The Morgan fingerprint density at radius 3 is 2.86 bits per heavy atom. The van der Waals surface area contributed by atoms with Gasteiger partial charge in [-0.3, -0.25) is 9.58 Å². The second kappa shape index (κ2) is 6.91. The highest BCUT2D eigenvalue weighted by Gasteiger charge is 2.23. The number of nitrogens with one attached hydrogen (secondary N) is 1. The van der Waals surface area contributed by atoms with E-state index in [0.29, 0.717) is 6.04 Å². The molecule has 114 valence electrons. The fourth-order valence-electron chi connectivity index (χ4n) is 3.04. The van der Waals surface area contributed by atoms with Crippen molar-refractivity contribution in [2.24, 2.45) is 7.05 Å². The van der Waals surface area contributed by atoms with Crippen molar-refractivity contribution in [3.63, 3.8) is 0 Å². The number of piperidine rings is 1. The number of likely N-dealkylation sites (tertiary alicyclic amines) is 1. The molecule has 1 aliphatic rings. The lowest BCUT2D eigenvalue weighted by atomic mass is 10.1. The smallest absolute Gasteiger partial charge is 0.122 e. The van der Waals surface area contributed by atoms with Crippen LogP contribution in [0.1, 0.15) is 36.6 Å². The molecule has 1 aliphatic heterocycles. The summed E-state index contributed by atoms with van der Waals surface area (Å²) in [6.45, 7) is 4.08. The van der Waals surface area contributed by atoms with Gasteiger partial charge in [0.05, 0.1) is 18.5 Å². The summed E-state index contributed by atoms with van der Waals surface area (Å²) >= 11 is 0. The SMILES string of the molecule is Cn1cc(CNCC(c2ccco2)N2CCCCC2)cn1. The molecule has 0 radical (unpaired) electrons. The lowest BCUT2D eigenvalue weighted by molar-refractivity contribution is 0.142. The average molecular weight is 288 g/mol. The van der Waals surface area contributed by atoms with E-state index >= 15 is 0 Å². The van der Waals surface area contributed by atoms with E-state index in [2.05, 4.69) is 27.6 Å². The van der Waals surface area contributed by atoms with Gasteiger partial charge in [0.2, 0.25) is 0 Å². The number of hydrogen-bond donors (Lipinski definition) is 1. The first kappa shape index (κ1) is 14.4. The molecule has 1 saturated heterocycles. The van der Waals surface area contributed by atoms with Crippen LogP contribution in [0.15, 0.2) is 35.2 Å². The highest BCUT2D eigenvalue weighted by Crippen LogP contribution is 2.24. The van der Waals surface area contributed by atoms with Crippen LogP contribution < -0.4 is 5.32 Å². The molecule has 3 heterocycles. The molecule has 5 nitrogen and oxygen atoms in total. The number of furan rings is 1. The van der Waals surface area contributed by atoms with Gasteiger partial charge in [0.15, 0.2) is 0 Å². The van der Waals surface area contributed by atoms with E-state index in [1.165, 1.54) is 37.9 Å². The van der Waals surface area contributed by atoms with Crippen LogP contribution in [0.3, 0.4) is 0 Å². The highest BCUT2D eigenvalue weighted by molar-refractivity contribution is 5.07. The third-order valence-corrected chi connectivity index (χ3v) is 4.13. The van der Waals surface area contributed by atoms with E-state index in [1.807, 2.05) is 24.0 Å². The van der Waals surface area contributed by atoms with E-state index in [1.54, 1.807) is 6.26 Å². The Hall–Kier alpha value is -1.59. The van der Waals surface area contributed by atoms with Crippen LogP contribution in [-0.2, 0) is 13.6 Å². The Morgan fingerprint density at radius 2 is 2.19 bits per heavy atom. The lowest BCUT2D eigenvalue weighted by Crippen LogP contribution is -2.38. The molecular weight excluding hydrogens is 264 g/mol. The number of aromatic nitrogens is 2. The van der Waals surface area contributed by atoms with Crippen molar-refractivity contribution < 1.29 is 4.42 Å². The van der Waals surface area contributed by atoms with E-state index < -0.39 is 0 Å². The first-order valence-electron chi connectivity index (χ1n) is 7.78. The molecule has 1 fully saturated rings. The molecule has 3 rings (SSSR count). The minimum Gasteiger partial charge on any atom is -0.468 e. The van der Waals surface area contributed by atoms with Gasteiger partial charge in [0.25, 0.3) is 0 Å². The van der Waals surface area contributed by atoms with Crippen molar-refractivity contribution in [1.82, 2.24) is 20.0 Å². The van der Waals surface area contributed by atoms with Gasteiger partial charge in [-0.15, -0.1) is 0 Å². The number of aryl methyl sites for hydroxylation is 1. The minimum absolute atomic E-state index is 0.331. The Kier molecular flexibility index (Phi) is 4.72. The molecular formula is C16H24N4O. The Labute approximate surface area is 125 Å². The van der Waals surface area contributed by atoms with Gasteiger partial charge in [-0.2, -0.15) is 5.10 Å². The fraction of sp³-hybridized carbons (Fsp3) is 0.562. The third kappa shape index (κ3) is 3.74. The Bertz CT molecular complexity index is 528. The van der Waals surface area contributed by atoms with Crippen molar-refractivity contribution in [3.8, 4) is 0 Å². The zero-order valence-electron chi connectivity index (χ0n) is 12.7. The Balaban J connectivity index is 1.59. The van der Waals surface area contributed by atoms with Crippen molar-refractivity contribution in [2.75, 3.05) is 19.6 Å². The zero-order chi connectivity index (χ0) is 14.5. The van der Waals surface area contributed by atoms with E-state index in [9.17, 15) is 0 Å². The second-order valence-corrected chi connectivity index (χ2v) is 5.78. The monoisotopic (exact) mass is 288 g/mol. The molecule has 2 aromatic heterocycles. The highest BCUT2D eigenvalue weighted by atomic mass is 16.3. The van der Waals surface area contributed by atoms with Crippen LogP contribution >= 0.6 is 0 Å². The summed E-state index contributed by atoms with van der Waals surface area (Å²) in [6, 6.07) is 4.40. The molecule has 0 spiro atoms. The summed E-state index contributed by atoms with van der Waals surface area (Å²) in [5.74, 6) is 1.07. The van der Waals surface area contributed by atoms with Crippen LogP contribution in [0.25, 0.3) is 0 Å². The summed E-state index contributed by atoms with van der Waals surface area (Å²) in [4.78, 5) is 2.54. The van der Waals surface area contributed by atoms with Gasteiger partial charge in [0, 0.05) is 31.9 Å². The van der Waals surface area contributed by atoms with Crippen LogP contribution in [-0.4, -0.2) is 34.3 Å². The van der Waals surface area contributed by atoms with Gasteiger partial charge in [-0.1, -0.05) is 6.42 Å². The summed E-state index contributed by atoms with van der Waals surface area (Å²) in [5.41, 5.74) is 1.22. The lowest BCUT2D eigenvalue weighted by Gasteiger charge is -2.33. The second-order valence-electron chi connectivity index (χ2n) is 5.78. The molecule has 21 heavy (non-hydrogen) atoms. The quantitative estimate of drug-likeness (QED) is 0.886. The molecule has 0 amide bonds. The van der Waals surface area contributed by atoms with E-state index in [4.69, 9.17) is 4.42 Å². The Morgan fingerprint density at radius 1 is 1.33 bits per heavy atom. The predicted octanol–water partition coefficient (Wildman–Crippen LogP) is 2.33. The average Bonchev–Trinajstić information content (AvgIpc) is 3.16. The molecule has 0 saturated carbocycles. The maximum Gasteiger partial charge on any atom is 0.122 e. The minimum atomic E-state index is 0.331. The molecule has 1 N–H and O–H groups in total. The van der Waals surface area contributed by atoms with Crippen molar-refractivity contribution in [3.05, 3.63) is 42.1 Å². The summed E-state index contributed by atoms with van der Waals surface area (Å²) in [5, 5.41) is 7.75. The molecule has 5 heteroatoms. The van der Waals surface area contributed by atoms with Crippen LogP contribution in [0.2, 0.25) is 0 Å². The number of hydrogen-bond acceptors (Lipinski definition) is 4. The van der Waals surface area contributed by atoms with Gasteiger partial charge in [0.1, 0.15) is 5.76 Å². The molecule has 2 aromatic rings. The largest absolute Gasteiger partial charge is 0.468 e. The zero-order valence-corrected chi connectivity index (χ0v) is 12.7. The molecule has 0 aliphatic carbocycles. The normalized spacial score (nSPS) is 18.0. The number of rotatable bonds is 6. The molecule has 0 bridgehead atoms. The van der Waals surface area contributed by atoms with Crippen molar-refractivity contribution >= 4 is 0 Å². The predicted molar refractivity (Wildman–Crippen MR) is 81.8 cm³/mol. The molecule has 1 unspecified atom stereocenters. The van der Waals surface area contributed by atoms with Gasteiger partial charge in [-0.25, -0.2) is 0 Å². The summed E-state index contributed by atoms with van der Waals surface area (Å²) in [7, 11) is 1.95. The summed E-state index contributed by atoms with van der Waals surface area (Å²) in [6.07, 6.45) is 9.67. The van der Waals surface area contributed by atoms with Crippen LogP contribution in [0.5, 0.6) is 0 Å². The van der Waals surface area contributed by atoms with Crippen LogP contribution in [0.4, 0.5) is 0 Å². The standard InChI is InChI=1S/C16H24N4O/c1-19-13-14(11-18-19)10-17-12-15(16-6-5-9-21-16)20-7-3-2-4-8-20/h5-6,9,11,13,15,17H,2-4,7-8,10,12H2,1H3. The van der Waals surface area contributed by atoms with Gasteiger partial charge in [-0.05, 0) is 38.1 Å². The van der Waals surface area contributed by atoms with E-state index in [0.717, 1.165) is 18.8 Å². The van der Waals surface area contributed by atoms with Crippen LogP contribution in [0, 0.1) is 0 Å². The maximum atomic E-state index is 5.66. The maximum absolute atomic E-state index is 5.66. The third-order valence-electron chi connectivity index (χ3n) is 4.13. The molecule has 1 atom stereocenters. The fourth-order valence-corrected chi connectivity index (χ4v) is 3.04. The first-order valence-corrected chi connectivity index (χ1v) is 7.78.